The van der Waals surface area contributed by atoms with Crippen LogP contribution in [0.1, 0.15) is 27.2 Å². The molecule has 18 heavy (non-hydrogen) atoms. The van der Waals surface area contributed by atoms with Crippen LogP contribution in [-0.4, -0.2) is 14.8 Å². The van der Waals surface area contributed by atoms with Crippen LogP contribution >= 0.6 is 22.9 Å². The summed E-state index contributed by atoms with van der Waals surface area (Å²) in [5, 5.41) is 5.99. The predicted molar refractivity (Wildman–Crippen MR) is 73.6 cm³/mol. The van der Waals surface area contributed by atoms with Crippen molar-refractivity contribution in [3.8, 4) is 0 Å². The first kappa shape index (κ1) is 13.5. The smallest absolute Gasteiger partial charge is 0.130 e. The molecule has 7 heteroatoms. The number of rotatable bonds is 4. The second-order valence-corrected chi connectivity index (χ2v) is 5.81. The number of hydrogen-bond donors (Lipinski definition) is 2. The number of aryl methyl sites for hydroxylation is 3. The van der Waals surface area contributed by atoms with E-state index in [0.29, 0.717) is 11.6 Å². The molecule has 0 fully saturated rings. The first-order chi connectivity index (χ1) is 8.52. The Kier molecular flexibility index (Phi) is 4.01. The van der Waals surface area contributed by atoms with E-state index >= 15 is 0 Å². The zero-order valence-electron chi connectivity index (χ0n) is 10.6. The van der Waals surface area contributed by atoms with Crippen molar-refractivity contribution in [2.24, 2.45) is 12.9 Å². The van der Waals surface area contributed by atoms with E-state index in [-0.39, 0.29) is 6.04 Å². The molecule has 0 aliphatic rings. The second kappa shape index (κ2) is 5.36. The lowest BCUT2D eigenvalue weighted by atomic mass is 10.1. The lowest BCUT2D eigenvalue weighted by Crippen LogP contribution is -2.29. The molecule has 2 rings (SSSR count). The van der Waals surface area contributed by atoms with Gasteiger partial charge in [0.05, 0.1) is 16.7 Å². The van der Waals surface area contributed by atoms with Gasteiger partial charge < -0.3 is 0 Å². The van der Waals surface area contributed by atoms with Gasteiger partial charge in [0, 0.05) is 23.7 Å². The van der Waals surface area contributed by atoms with Crippen LogP contribution in [0.5, 0.6) is 0 Å². The largest absolute Gasteiger partial charge is 0.271 e. The Bertz CT molecular complexity index is 548. The Morgan fingerprint density at radius 3 is 2.72 bits per heavy atom. The highest BCUT2D eigenvalue weighted by molar-refractivity contribution is 7.11. The molecule has 0 aromatic carbocycles. The van der Waals surface area contributed by atoms with Gasteiger partial charge in [-0.15, -0.1) is 11.3 Å². The van der Waals surface area contributed by atoms with Crippen LogP contribution in [0.3, 0.4) is 0 Å². The molecule has 0 amide bonds. The third-order valence-electron chi connectivity index (χ3n) is 2.86. The lowest BCUT2D eigenvalue weighted by molar-refractivity contribution is 0.558. The van der Waals surface area contributed by atoms with E-state index in [9.17, 15) is 0 Å². The number of hydrazine groups is 1. The Labute approximate surface area is 115 Å². The number of aromatic nitrogens is 3. The average molecular weight is 286 g/mol. The minimum Gasteiger partial charge on any atom is -0.271 e. The molecular formula is C11H16ClN5S. The standard InChI is InChI=1S/C11H16ClN5S/c1-6-8(11(12)17(3)16-6)4-9(15-13)10-5-14-7(2)18-10/h5,9,15H,4,13H2,1-3H3. The Balaban J connectivity index is 2.25. The normalized spacial score (nSPS) is 12.9. The molecule has 2 heterocycles. The summed E-state index contributed by atoms with van der Waals surface area (Å²) in [6.07, 6.45) is 2.56. The molecular weight excluding hydrogens is 270 g/mol. The molecule has 3 N–H and O–H groups in total. The summed E-state index contributed by atoms with van der Waals surface area (Å²) in [7, 11) is 1.83. The van der Waals surface area contributed by atoms with Gasteiger partial charge in [0.1, 0.15) is 5.15 Å². The minimum absolute atomic E-state index is 0.0107. The van der Waals surface area contributed by atoms with E-state index in [0.717, 1.165) is 21.1 Å². The van der Waals surface area contributed by atoms with Crippen LogP contribution in [0, 0.1) is 13.8 Å². The van der Waals surface area contributed by atoms with Crippen LogP contribution < -0.4 is 11.3 Å². The molecule has 1 unspecified atom stereocenters. The van der Waals surface area contributed by atoms with Gasteiger partial charge in [-0.25, -0.2) is 4.98 Å². The van der Waals surface area contributed by atoms with Gasteiger partial charge in [0.2, 0.25) is 0 Å². The number of thiazole rings is 1. The van der Waals surface area contributed by atoms with Gasteiger partial charge in [-0.1, -0.05) is 11.6 Å². The zero-order chi connectivity index (χ0) is 13.3. The molecule has 0 saturated carbocycles. The zero-order valence-corrected chi connectivity index (χ0v) is 12.1. The van der Waals surface area contributed by atoms with E-state index in [1.165, 1.54) is 0 Å². The van der Waals surface area contributed by atoms with E-state index in [4.69, 9.17) is 17.4 Å². The minimum atomic E-state index is 0.0107. The van der Waals surface area contributed by atoms with Crippen molar-refractivity contribution < 1.29 is 0 Å². The molecule has 0 bridgehead atoms. The highest BCUT2D eigenvalue weighted by atomic mass is 35.5. The Morgan fingerprint density at radius 1 is 1.56 bits per heavy atom. The number of nitrogens with zero attached hydrogens (tertiary/aromatic N) is 3. The highest BCUT2D eigenvalue weighted by Crippen LogP contribution is 2.27. The second-order valence-electron chi connectivity index (χ2n) is 4.18. The molecule has 2 aromatic heterocycles. The molecule has 0 spiro atoms. The van der Waals surface area contributed by atoms with E-state index < -0.39 is 0 Å². The summed E-state index contributed by atoms with van der Waals surface area (Å²) in [4.78, 5) is 5.35. The summed E-state index contributed by atoms with van der Waals surface area (Å²) < 4.78 is 1.68. The van der Waals surface area contributed by atoms with Crippen molar-refractivity contribution in [1.29, 1.82) is 0 Å². The maximum atomic E-state index is 6.23. The molecule has 5 nitrogen and oxygen atoms in total. The summed E-state index contributed by atoms with van der Waals surface area (Å²) in [5.74, 6) is 5.63. The fourth-order valence-electron chi connectivity index (χ4n) is 1.89. The topological polar surface area (TPSA) is 68.8 Å². The quantitative estimate of drug-likeness (QED) is 0.665. The van der Waals surface area contributed by atoms with Crippen molar-refractivity contribution in [2.45, 2.75) is 26.3 Å². The van der Waals surface area contributed by atoms with Crippen LogP contribution in [-0.2, 0) is 13.5 Å². The van der Waals surface area contributed by atoms with Crippen LogP contribution in [0.4, 0.5) is 0 Å². The number of nitrogens with two attached hydrogens (primary N) is 1. The van der Waals surface area contributed by atoms with Crippen LogP contribution in [0.25, 0.3) is 0 Å². The number of nitrogens with one attached hydrogen (secondary N) is 1. The fraction of sp³-hybridized carbons (Fsp3) is 0.455. The fourth-order valence-corrected chi connectivity index (χ4v) is 2.99. The molecule has 0 saturated heterocycles. The van der Waals surface area contributed by atoms with E-state index in [1.807, 2.05) is 27.1 Å². The predicted octanol–water partition coefficient (Wildman–Crippen LogP) is 1.89. The van der Waals surface area contributed by atoms with Crippen LogP contribution in [0.2, 0.25) is 5.15 Å². The molecule has 2 aromatic rings. The maximum Gasteiger partial charge on any atom is 0.130 e. The van der Waals surface area contributed by atoms with Crippen molar-refractivity contribution in [2.75, 3.05) is 0 Å². The summed E-state index contributed by atoms with van der Waals surface area (Å²) in [6.45, 7) is 3.93. The van der Waals surface area contributed by atoms with Gasteiger partial charge in [-0.05, 0) is 20.3 Å². The third-order valence-corrected chi connectivity index (χ3v) is 4.36. The third kappa shape index (κ3) is 2.56. The van der Waals surface area contributed by atoms with E-state index in [2.05, 4.69) is 15.5 Å². The summed E-state index contributed by atoms with van der Waals surface area (Å²) in [6, 6.07) is 0.0107. The molecule has 1 atom stereocenters. The average Bonchev–Trinajstić information content (AvgIpc) is 2.84. The van der Waals surface area contributed by atoms with Crippen molar-refractivity contribution in [3.63, 3.8) is 0 Å². The first-order valence-electron chi connectivity index (χ1n) is 5.59. The van der Waals surface area contributed by atoms with Crippen molar-refractivity contribution in [1.82, 2.24) is 20.2 Å². The SMILES string of the molecule is Cc1ncc(C(Cc2c(C)nn(C)c2Cl)NN)s1. The Morgan fingerprint density at radius 2 is 2.28 bits per heavy atom. The van der Waals surface area contributed by atoms with Gasteiger partial charge in [-0.3, -0.25) is 16.0 Å². The monoisotopic (exact) mass is 285 g/mol. The van der Waals surface area contributed by atoms with Gasteiger partial charge >= 0.3 is 0 Å². The number of halogens is 1. The highest BCUT2D eigenvalue weighted by Gasteiger charge is 2.19. The summed E-state index contributed by atoms with van der Waals surface area (Å²) >= 11 is 7.86. The summed E-state index contributed by atoms with van der Waals surface area (Å²) in [5.41, 5.74) is 4.77. The van der Waals surface area contributed by atoms with Crippen LogP contribution in [0.15, 0.2) is 6.20 Å². The van der Waals surface area contributed by atoms with Gasteiger partial charge in [-0.2, -0.15) is 5.10 Å². The van der Waals surface area contributed by atoms with Gasteiger partial charge in [0.25, 0.3) is 0 Å². The molecule has 0 radical (unpaired) electrons. The lowest BCUT2D eigenvalue weighted by Gasteiger charge is -2.13. The molecule has 0 aliphatic carbocycles. The van der Waals surface area contributed by atoms with Crippen molar-refractivity contribution >= 4 is 22.9 Å². The first-order valence-corrected chi connectivity index (χ1v) is 6.78. The molecule has 0 aliphatic heterocycles. The maximum absolute atomic E-state index is 6.23. The number of hydrogen-bond acceptors (Lipinski definition) is 5. The van der Waals surface area contributed by atoms with Gasteiger partial charge in [0.15, 0.2) is 0 Å². The molecule has 98 valence electrons. The van der Waals surface area contributed by atoms with Crippen molar-refractivity contribution in [3.05, 3.63) is 32.5 Å². The Hall–Kier alpha value is -0.950. The van der Waals surface area contributed by atoms with E-state index in [1.54, 1.807) is 16.0 Å².